The molecule has 0 unspecified atom stereocenters. The highest BCUT2D eigenvalue weighted by atomic mass is 16.6. The summed E-state index contributed by atoms with van der Waals surface area (Å²) in [6, 6.07) is 8.09. The smallest absolute Gasteiger partial charge is 0.325 e. The van der Waals surface area contributed by atoms with E-state index >= 15 is 0 Å². The Morgan fingerprint density at radius 3 is 2.53 bits per heavy atom. The molecule has 0 atom stereocenters. The fourth-order valence-corrected chi connectivity index (χ4v) is 2.98. The van der Waals surface area contributed by atoms with Gasteiger partial charge in [-0.25, -0.2) is 4.79 Å². The van der Waals surface area contributed by atoms with Crippen LogP contribution in [0.2, 0.25) is 0 Å². The maximum absolute atomic E-state index is 12.3. The van der Waals surface area contributed by atoms with Gasteiger partial charge in [0.25, 0.3) is 5.91 Å². The van der Waals surface area contributed by atoms with Gasteiger partial charge in [0, 0.05) is 23.7 Å². The molecule has 3 N–H and O–H groups in total. The minimum atomic E-state index is -0.838. The topological polar surface area (TPSA) is 149 Å². The van der Waals surface area contributed by atoms with Crippen LogP contribution in [0.15, 0.2) is 36.4 Å². The highest BCUT2D eigenvalue weighted by Gasteiger charge is 2.16. The number of ketones is 1. The van der Waals surface area contributed by atoms with Crippen LogP contribution in [0, 0.1) is 0 Å². The van der Waals surface area contributed by atoms with Gasteiger partial charge in [-0.1, -0.05) is 0 Å². The Balaban J connectivity index is 1.39. The number of fused-ring (bicyclic) bond motifs is 1. The maximum atomic E-state index is 12.3. The fraction of sp³-hybridized carbons (Fsp3) is 0.304. The lowest BCUT2D eigenvalue weighted by atomic mass is 10.1. The van der Waals surface area contributed by atoms with Gasteiger partial charge in [-0.05, 0) is 37.3 Å². The van der Waals surface area contributed by atoms with Gasteiger partial charge in [-0.3, -0.25) is 19.7 Å². The van der Waals surface area contributed by atoms with E-state index < -0.39 is 24.5 Å². The molecule has 0 fully saturated rings. The first-order chi connectivity index (χ1) is 16.4. The minimum absolute atomic E-state index is 0.0955. The average Bonchev–Trinajstić information content (AvgIpc) is 2.82. The normalized spacial score (nSPS) is 11.8. The molecule has 2 aromatic carbocycles. The molecule has 11 heteroatoms. The lowest BCUT2D eigenvalue weighted by molar-refractivity contribution is -0.148. The molecule has 0 radical (unpaired) electrons. The number of Topliss-reactive ketones (excluding diaryl/α,β-unsaturated/α-hetero) is 1. The third-order valence-corrected chi connectivity index (χ3v) is 4.56. The zero-order chi connectivity index (χ0) is 24.5. The molecule has 180 valence electrons. The van der Waals surface area contributed by atoms with Crippen molar-refractivity contribution in [2.45, 2.75) is 19.8 Å². The largest absolute Gasteiger partial charge is 0.504 e. The number of aromatic hydroxyl groups is 1. The van der Waals surface area contributed by atoms with E-state index in [1.807, 2.05) is 5.32 Å². The number of phenolic OH excluding ortho intramolecular Hbond substituents is 1. The number of imide groups is 1. The van der Waals surface area contributed by atoms with Crippen LogP contribution in [0.3, 0.4) is 0 Å². The van der Waals surface area contributed by atoms with Crippen molar-refractivity contribution in [2.75, 3.05) is 31.7 Å². The van der Waals surface area contributed by atoms with Crippen LogP contribution in [0.4, 0.5) is 10.5 Å². The van der Waals surface area contributed by atoms with E-state index in [4.69, 9.17) is 18.9 Å². The van der Waals surface area contributed by atoms with Crippen LogP contribution in [-0.2, 0) is 14.3 Å². The van der Waals surface area contributed by atoms with Crippen molar-refractivity contribution < 1.29 is 43.2 Å². The molecule has 0 saturated heterocycles. The van der Waals surface area contributed by atoms with Gasteiger partial charge in [0.05, 0.1) is 13.0 Å². The second-order valence-corrected chi connectivity index (χ2v) is 7.06. The van der Waals surface area contributed by atoms with E-state index in [0.29, 0.717) is 37.0 Å². The molecule has 1 aliphatic rings. The molecule has 11 nitrogen and oxygen atoms in total. The Labute approximate surface area is 194 Å². The predicted octanol–water partition coefficient (Wildman–Crippen LogP) is 2.42. The van der Waals surface area contributed by atoms with E-state index in [1.54, 1.807) is 25.1 Å². The van der Waals surface area contributed by atoms with Crippen LogP contribution < -0.4 is 24.8 Å². The van der Waals surface area contributed by atoms with Gasteiger partial charge < -0.3 is 29.4 Å². The van der Waals surface area contributed by atoms with Gasteiger partial charge in [0.15, 0.2) is 35.4 Å². The first-order valence-corrected chi connectivity index (χ1v) is 10.5. The van der Waals surface area contributed by atoms with Gasteiger partial charge >= 0.3 is 12.0 Å². The third-order valence-electron chi connectivity index (χ3n) is 4.56. The predicted molar refractivity (Wildman–Crippen MR) is 118 cm³/mol. The minimum Gasteiger partial charge on any atom is -0.504 e. The molecular weight excluding hydrogens is 448 g/mol. The molecule has 0 saturated carbocycles. The molecule has 1 heterocycles. The zero-order valence-electron chi connectivity index (χ0n) is 18.4. The second-order valence-electron chi connectivity index (χ2n) is 7.06. The quantitative estimate of drug-likeness (QED) is 0.369. The maximum Gasteiger partial charge on any atom is 0.325 e. The molecule has 1 aliphatic heterocycles. The molecule has 0 aromatic heterocycles. The third kappa shape index (κ3) is 6.86. The number of hydrogen-bond acceptors (Lipinski definition) is 9. The summed E-state index contributed by atoms with van der Waals surface area (Å²) in [5.74, 6) is -0.877. The number of phenols is 1. The van der Waals surface area contributed by atoms with Crippen molar-refractivity contribution in [3.8, 4) is 23.0 Å². The van der Waals surface area contributed by atoms with Crippen molar-refractivity contribution in [3.63, 3.8) is 0 Å². The summed E-state index contributed by atoms with van der Waals surface area (Å²) in [5, 5.41) is 14.2. The molecule has 0 spiro atoms. The Bertz CT molecular complexity index is 1080. The van der Waals surface area contributed by atoms with E-state index in [9.17, 15) is 24.3 Å². The summed E-state index contributed by atoms with van der Waals surface area (Å²) >= 11 is 0. The van der Waals surface area contributed by atoms with Crippen molar-refractivity contribution in [3.05, 3.63) is 42.0 Å². The number of nitrogens with one attached hydrogen (secondary N) is 2. The number of carbonyl (C=O) groups is 4. The lowest BCUT2D eigenvalue weighted by Crippen LogP contribution is -2.37. The van der Waals surface area contributed by atoms with E-state index in [0.717, 1.165) is 0 Å². The summed E-state index contributed by atoms with van der Waals surface area (Å²) < 4.78 is 20.8. The monoisotopic (exact) mass is 472 g/mol. The number of ether oxygens (including phenoxy) is 4. The summed E-state index contributed by atoms with van der Waals surface area (Å²) in [5.41, 5.74) is 0.648. The summed E-state index contributed by atoms with van der Waals surface area (Å²) in [6.07, 6.45) is -0.429. The van der Waals surface area contributed by atoms with Crippen molar-refractivity contribution in [1.82, 2.24) is 5.32 Å². The van der Waals surface area contributed by atoms with Crippen molar-refractivity contribution in [1.29, 1.82) is 0 Å². The number of benzene rings is 2. The SMILES string of the molecule is CCOc1cc(C(=O)CCC(=O)OCC(=O)NC(=O)Nc2ccc3c(c2)OCCO3)ccc1O. The summed E-state index contributed by atoms with van der Waals surface area (Å²) in [4.78, 5) is 48.0. The van der Waals surface area contributed by atoms with Crippen LogP contribution in [0.1, 0.15) is 30.1 Å². The molecule has 0 bridgehead atoms. The van der Waals surface area contributed by atoms with Crippen LogP contribution in [0.25, 0.3) is 0 Å². The summed E-state index contributed by atoms with van der Waals surface area (Å²) in [7, 11) is 0. The van der Waals surface area contributed by atoms with Gasteiger partial charge in [-0.2, -0.15) is 0 Å². The van der Waals surface area contributed by atoms with Crippen LogP contribution >= 0.6 is 0 Å². The van der Waals surface area contributed by atoms with Crippen LogP contribution in [0.5, 0.6) is 23.0 Å². The molecule has 34 heavy (non-hydrogen) atoms. The van der Waals surface area contributed by atoms with E-state index in [-0.39, 0.29) is 35.7 Å². The molecule has 0 aliphatic carbocycles. The number of hydrogen-bond donors (Lipinski definition) is 3. The average molecular weight is 472 g/mol. The first-order valence-electron chi connectivity index (χ1n) is 10.5. The standard InChI is InChI=1S/C23H24N2O9/c1-2-31-19-11-14(3-5-17(19)27)16(26)6-8-22(29)34-13-21(28)25-23(30)24-15-4-7-18-20(12-15)33-10-9-32-18/h3-5,7,11-12,27H,2,6,8-10,13H2,1H3,(H2,24,25,28,30). The van der Waals surface area contributed by atoms with E-state index in [2.05, 4.69) is 5.32 Å². The van der Waals surface area contributed by atoms with Crippen molar-refractivity contribution in [2.24, 2.45) is 0 Å². The van der Waals surface area contributed by atoms with Crippen molar-refractivity contribution >= 4 is 29.4 Å². The first kappa shape index (κ1) is 24.4. The summed E-state index contributed by atoms with van der Waals surface area (Å²) in [6.45, 7) is 2.19. The van der Waals surface area contributed by atoms with Crippen LogP contribution in [-0.4, -0.2) is 55.2 Å². The van der Waals surface area contributed by atoms with E-state index in [1.165, 1.54) is 18.2 Å². The van der Waals surface area contributed by atoms with Gasteiger partial charge in [0.1, 0.15) is 13.2 Å². The molecule has 3 rings (SSSR count). The lowest BCUT2D eigenvalue weighted by Gasteiger charge is -2.19. The highest BCUT2D eigenvalue weighted by molar-refractivity contribution is 6.02. The number of carbonyl (C=O) groups excluding carboxylic acids is 4. The zero-order valence-corrected chi connectivity index (χ0v) is 18.4. The Hall–Kier alpha value is -4.28. The number of esters is 1. The Kier molecular flexibility index (Phi) is 8.27. The molecule has 3 amide bonds. The molecule has 2 aromatic rings. The number of anilines is 1. The highest BCUT2D eigenvalue weighted by Crippen LogP contribution is 2.32. The number of urea groups is 1. The number of amides is 3. The fourth-order valence-electron chi connectivity index (χ4n) is 2.98. The molecular formula is C23H24N2O9. The Morgan fingerprint density at radius 2 is 1.76 bits per heavy atom. The Morgan fingerprint density at radius 1 is 1.00 bits per heavy atom. The van der Waals surface area contributed by atoms with Gasteiger partial charge in [0.2, 0.25) is 0 Å². The second kappa shape index (κ2) is 11.5. The van der Waals surface area contributed by atoms with Gasteiger partial charge in [-0.15, -0.1) is 0 Å². The number of rotatable bonds is 9.